The Morgan fingerprint density at radius 3 is 2.28 bits per heavy atom. The summed E-state index contributed by atoms with van der Waals surface area (Å²) in [5, 5.41) is 0. The number of esters is 3. The zero-order valence-electron chi connectivity index (χ0n) is 14.4. The van der Waals surface area contributed by atoms with Crippen LogP contribution in [0.1, 0.15) is 12.5 Å². The van der Waals surface area contributed by atoms with Crippen molar-refractivity contribution in [2.45, 2.75) is 13.5 Å². The molecule has 0 heterocycles. The molecule has 1 aromatic rings. The maximum Gasteiger partial charge on any atom is 0.354 e. The molecule has 0 unspecified atom stereocenters. The molecular weight excluding hydrogens is 326 g/mol. The van der Waals surface area contributed by atoms with E-state index in [1.54, 1.807) is 6.92 Å². The van der Waals surface area contributed by atoms with Gasteiger partial charge in [0.2, 0.25) is 0 Å². The van der Waals surface area contributed by atoms with Crippen LogP contribution in [0.4, 0.5) is 0 Å². The van der Waals surface area contributed by atoms with Gasteiger partial charge in [-0.25, -0.2) is 14.4 Å². The van der Waals surface area contributed by atoms with E-state index >= 15 is 0 Å². The molecule has 0 N–H and O–H groups in total. The Kier molecular flexibility index (Phi) is 8.49. The second kappa shape index (κ2) is 10.6. The number of benzene rings is 1. The third-order valence-corrected chi connectivity index (χ3v) is 3.03. The lowest BCUT2D eigenvalue weighted by molar-refractivity contribution is -0.140. The molecule has 0 saturated heterocycles. The van der Waals surface area contributed by atoms with Crippen LogP contribution in [0, 0.1) is 0 Å². The maximum absolute atomic E-state index is 12.1. The van der Waals surface area contributed by atoms with E-state index in [1.165, 1.54) is 31.4 Å². The predicted octanol–water partition coefficient (Wildman–Crippen LogP) is 1.80. The number of rotatable bonds is 8. The Balaban J connectivity index is 3.20. The monoisotopic (exact) mass is 347 g/mol. The summed E-state index contributed by atoms with van der Waals surface area (Å²) in [6.45, 7) is 2.14. The smallest absolute Gasteiger partial charge is 0.354 e. The Bertz CT molecular complexity index is 651. The zero-order chi connectivity index (χ0) is 18.7. The van der Waals surface area contributed by atoms with E-state index in [-0.39, 0.29) is 18.8 Å². The van der Waals surface area contributed by atoms with Crippen molar-refractivity contribution in [3.05, 3.63) is 59.9 Å². The van der Waals surface area contributed by atoms with Gasteiger partial charge in [0, 0.05) is 18.8 Å². The highest BCUT2D eigenvalue weighted by atomic mass is 16.5. The van der Waals surface area contributed by atoms with E-state index < -0.39 is 17.9 Å². The second-order valence-corrected chi connectivity index (χ2v) is 4.73. The van der Waals surface area contributed by atoms with Crippen molar-refractivity contribution in [2.24, 2.45) is 0 Å². The highest BCUT2D eigenvalue weighted by Crippen LogP contribution is 2.14. The normalized spacial score (nSPS) is 11.1. The molecule has 0 aliphatic heterocycles. The van der Waals surface area contributed by atoms with Gasteiger partial charge in [-0.15, -0.1) is 0 Å². The van der Waals surface area contributed by atoms with Crippen LogP contribution in [0.2, 0.25) is 0 Å². The molecule has 0 aliphatic carbocycles. The van der Waals surface area contributed by atoms with Crippen LogP contribution < -0.4 is 0 Å². The van der Waals surface area contributed by atoms with Crippen LogP contribution in [0.15, 0.2) is 54.4 Å². The number of methoxy groups -OCH3 is 2. The molecular formula is C18H21NO6. The third-order valence-electron chi connectivity index (χ3n) is 3.03. The van der Waals surface area contributed by atoms with Gasteiger partial charge >= 0.3 is 17.9 Å². The fourth-order valence-electron chi connectivity index (χ4n) is 1.87. The Morgan fingerprint density at radius 1 is 1.04 bits per heavy atom. The van der Waals surface area contributed by atoms with Gasteiger partial charge in [0.15, 0.2) is 0 Å². The van der Waals surface area contributed by atoms with Crippen LogP contribution in [-0.2, 0) is 35.1 Å². The van der Waals surface area contributed by atoms with Crippen molar-refractivity contribution in [1.82, 2.24) is 4.90 Å². The summed E-state index contributed by atoms with van der Waals surface area (Å²) >= 11 is 0. The summed E-state index contributed by atoms with van der Waals surface area (Å²) in [5.41, 5.74) is 0.787. The number of nitrogens with zero attached hydrogens (tertiary/aromatic N) is 1. The summed E-state index contributed by atoms with van der Waals surface area (Å²) in [5.74, 6) is -2.03. The van der Waals surface area contributed by atoms with Gasteiger partial charge in [-0.05, 0) is 12.5 Å². The van der Waals surface area contributed by atoms with Gasteiger partial charge in [-0.1, -0.05) is 30.3 Å². The van der Waals surface area contributed by atoms with E-state index in [9.17, 15) is 14.4 Å². The summed E-state index contributed by atoms with van der Waals surface area (Å²) in [7, 11) is 2.40. The number of hydrogen-bond donors (Lipinski definition) is 0. The molecule has 25 heavy (non-hydrogen) atoms. The molecule has 0 aromatic heterocycles. The number of carbonyl (C=O) groups excluding carboxylic acids is 3. The molecule has 7 nitrogen and oxygen atoms in total. The minimum Gasteiger partial charge on any atom is -0.466 e. The van der Waals surface area contributed by atoms with Crippen LogP contribution in [0.25, 0.3) is 0 Å². The van der Waals surface area contributed by atoms with E-state index in [4.69, 9.17) is 9.47 Å². The number of carbonyl (C=O) groups is 3. The fourth-order valence-corrected chi connectivity index (χ4v) is 1.87. The van der Waals surface area contributed by atoms with Crippen molar-refractivity contribution in [1.29, 1.82) is 0 Å². The minimum absolute atomic E-state index is 0.0706. The molecule has 134 valence electrons. The van der Waals surface area contributed by atoms with Gasteiger partial charge in [0.25, 0.3) is 0 Å². The van der Waals surface area contributed by atoms with E-state index in [1.807, 2.05) is 30.3 Å². The Hall–Kier alpha value is -3.09. The van der Waals surface area contributed by atoms with Crippen molar-refractivity contribution >= 4 is 17.9 Å². The van der Waals surface area contributed by atoms with Gasteiger partial charge in [-0.3, -0.25) is 0 Å². The standard InChI is InChI=1S/C18H21NO6/c1-4-25-16(20)10-11-19(13-14-8-6-5-7-9-14)15(18(22)24-3)12-17(21)23-2/h5-12H,4,13H2,1-3H3/b11-10+,15-12+. The first-order valence-electron chi connectivity index (χ1n) is 7.55. The average Bonchev–Trinajstić information content (AvgIpc) is 2.63. The number of ether oxygens (including phenoxy) is 3. The summed E-state index contributed by atoms with van der Waals surface area (Å²) < 4.78 is 14.1. The summed E-state index contributed by atoms with van der Waals surface area (Å²) in [4.78, 5) is 36.7. The summed E-state index contributed by atoms with van der Waals surface area (Å²) in [6, 6.07) is 9.22. The van der Waals surface area contributed by atoms with Crippen LogP contribution >= 0.6 is 0 Å². The molecule has 0 spiro atoms. The Morgan fingerprint density at radius 2 is 1.72 bits per heavy atom. The van der Waals surface area contributed by atoms with E-state index in [2.05, 4.69) is 4.74 Å². The number of hydrogen-bond acceptors (Lipinski definition) is 7. The molecule has 0 saturated carbocycles. The third kappa shape index (κ3) is 6.90. The average molecular weight is 347 g/mol. The summed E-state index contributed by atoms with van der Waals surface area (Å²) in [6.07, 6.45) is 3.53. The minimum atomic E-state index is -0.741. The van der Waals surface area contributed by atoms with Crippen molar-refractivity contribution in [2.75, 3.05) is 20.8 Å². The zero-order valence-corrected chi connectivity index (χ0v) is 14.4. The van der Waals surface area contributed by atoms with Gasteiger partial charge < -0.3 is 19.1 Å². The van der Waals surface area contributed by atoms with Crippen molar-refractivity contribution in [3.63, 3.8) is 0 Å². The molecule has 0 amide bonds. The highest BCUT2D eigenvalue weighted by molar-refractivity contribution is 5.96. The Labute approximate surface area is 146 Å². The maximum atomic E-state index is 12.1. The molecule has 7 heteroatoms. The van der Waals surface area contributed by atoms with Gasteiger partial charge in [0.05, 0.1) is 26.9 Å². The first kappa shape index (κ1) is 20.0. The first-order valence-corrected chi connectivity index (χ1v) is 7.55. The van der Waals surface area contributed by atoms with E-state index in [0.29, 0.717) is 0 Å². The molecule has 1 rings (SSSR count). The van der Waals surface area contributed by atoms with Crippen LogP contribution in [0.5, 0.6) is 0 Å². The molecule has 0 aliphatic rings. The van der Waals surface area contributed by atoms with Crippen LogP contribution in [-0.4, -0.2) is 43.6 Å². The lowest BCUT2D eigenvalue weighted by atomic mass is 10.2. The molecule has 0 radical (unpaired) electrons. The topological polar surface area (TPSA) is 82.1 Å². The first-order chi connectivity index (χ1) is 12.0. The quantitative estimate of drug-likeness (QED) is 0.403. The van der Waals surface area contributed by atoms with E-state index in [0.717, 1.165) is 11.6 Å². The lowest BCUT2D eigenvalue weighted by Crippen LogP contribution is -2.25. The van der Waals surface area contributed by atoms with Crippen molar-refractivity contribution in [3.8, 4) is 0 Å². The van der Waals surface area contributed by atoms with Gasteiger partial charge in [-0.2, -0.15) is 0 Å². The fraction of sp³-hybridized carbons (Fsp3) is 0.278. The van der Waals surface area contributed by atoms with Crippen molar-refractivity contribution < 1.29 is 28.6 Å². The lowest BCUT2D eigenvalue weighted by Gasteiger charge is -2.22. The molecule has 0 atom stereocenters. The molecule has 1 aromatic carbocycles. The van der Waals surface area contributed by atoms with Crippen LogP contribution in [0.3, 0.4) is 0 Å². The highest BCUT2D eigenvalue weighted by Gasteiger charge is 2.19. The second-order valence-electron chi connectivity index (χ2n) is 4.73. The SMILES string of the molecule is CCOC(=O)/C=C/N(Cc1ccccc1)/C(=C/C(=O)OC)C(=O)OC. The molecule has 0 fully saturated rings. The largest absolute Gasteiger partial charge is 0.466 e. The predicted molar refractivity (Wildman–Crippen MR) is 89.9 cm³/mol. The molecule has 0 bridgehead atoms. The van der Waals surface area contributed by atoms with Gasteiger partial charge in [0.1, 0.15) is 5.70 Å².